The van der Waals surface area contributed by atoms with Crippen LogP contribution in [0.1, 0.15) is 17.2 Å². The summed E-state index contributed by atoms with van der Waals surface area (Å²) in [4.78, 5) is 12.2. The molecule has 0 aliphatic rings. The number of fused-ring (bicyclic) bond motifs is 1. The first kappa shape index (κ1) is 17.2. The Balaban J connectivity index is 1.74. The second-order valence-corrected chi connectivity index (χ2v) is 6.11. The van der Waals surface area contributed by atoms with Crippen LogP contribution in [0.3, 0.4) is 0 Å². The molecule has 25 heavy (non-hydrogen) atoms. The third kappa shape index (κ3) is 4.27. The van der Waals surface area contributed by atoms with Gasteiger partial charge in [0.15, 0.2) is 0 Å². The van der Waals surface area contributed by atoms with Crippen molar-refractivity contribution in [2.45, 2.75) is 6.04 Å². The van der Waals surface area contributed by atoms with Crippen LogP contribution in [0.2, 0.25) is 5.02 Å². The van der Waals surface area contributed by atoms with Crippen LogP contribution in [0.5, 0.6) is 0 Å². The van der Waals surface area contributed by atoms with Crippen molar-refractivity contribution in [3.05, 3.63) is 89.0 Å². The van der Waals surface area contributed by atoms with E-state index in [4.69, 9.17) is 11.6 Å². The summed E-state index contributed by atoms with van der Waals surface area (Å²) in [7, 11) is 0. The van der Waals surface area contributed by atoms with Gasteiger partial charge >= 0.3 is 0 Å². The number of amides is 1. The Labute approximate surface area is 151 Å². The highest BCUT2D eigenvalue weighted by Crippen LogP contribution is 2.21. The largest absolute Gasteiger partial charge is 0.394 e. The van der Waals surface area contributed by atoms with Gasteiger partial charge in [-0.05, 0) is 40.1 Å². The topological polar surface area (TPSA) is 49.3 Å². The third-order valence-electron chi connectivity index (χ3n) is 3.99. The second-order valence-electron chi connectivity index (χ2n) is 5.71. The molecule has 2 N–H and O–H groups in total. The van der Waals surface area contributed by atoms with Crippen LogP contribution >= 0.6 is 11.6 Å². The molecule has 4 heteroatoms. The molecule has 3 aromatic carbocycles. The number of hydrogen-bond acceptors (Lipinski definition) is 2. The molecule has 0 aliphatic heterocycles. The van der Waals surface area contributed by atoms with E-state index < -0.39 is 6.04 Å². The standard InChI is InChI=1S/C21H18ClNO2/c22-19-8-4-3-6-16(19)11-12-21(25)23-20(14-24)18-10-9-15-5-1-2-7-17(15)13-18/h1-13,20,24H,14H2,(H,23,25)/b12-11+/t20-/m0/s1. The summed E-state index contributed by atoms with van der Waals surface area (Å²) >= 11 is 6.07. The lowest BCUT2D eigenvalue weighted by atomic mass is 10.0. The van der Waals surface area contributed by atoms with E-state index in [9.17, 15) is 9.90 Å². The van der Waals surface area contributed by atoms with Crippen LogP contribution in [0.25, 0.3) is 16.8 Å². The molecule has 0 spiro atoms. The van der Waals surface area contributed by atoms with E-state index in [1.807, 2.05) is 60.7 Å². The summed E-state index contributed by atoms with van der Waals surface area (Å²) in [6, 6.07) is 20.7. The maximum atomic E-state index is 12.2. The van der Waals surface area contributed by atoms with Gasteiger partial charge in [0.2, 0.25) is 5.91 Å². The minimum absolute atomic E-state index is 0.177. The van der Waals surface area contributed by atoms with Crippen LogP contribution in [0, 0.1) is 0 Å². The van der Waals surface area contributed by atoms with Crippen LogP contribution in [0.4, 0.5) is 0 Å². The summed E-state index contributed by atoms with van der Waals surface area (Å²) in [6.45, 7) is -0.177. The summed E-state index contributed by atoms with van der Waals surface area (Å²) in [5, 5.41) is 15.3. The summed E-state index contributed by atoms with van der Waals surface area (Å²) in [5.41, 5.74) is 1.63. The van der Waals surface area contributed by atoms with Gasteiger partial charge < -0.3 is 10.4 Å². The number of carbonyl (C=O) groups excluding carboxylic acids is 1. The number of aliphatic hydroxyl groups excluding tert-OH is 1. The van der Waals surface area contributed by atoms with Gasteiger partial charge in [-0.2, -0.15) is 0 Å². The van der Waals surface area contributed by atoms with Crippen molar-refractivity contribution >= 4 is 34.4 Å². The Morgan fingerprint density at radius 1 is 1.04 bits per heavy atom. The van der Waals surface area contributed by atoms with Crippen molar-refractivity contribution in [1.82, 2.24) is 5.32 Å². The van der Waals surface area contributed by atoms with Gasteiger partial charge in [0, 0.05) is 11.1 Å². The first-order valence-corrected chi connectivity index (χ1v) is 8.38. The average Bonchev–Trinajstić information content (AvgIpc) is 2.65. The fraction of sp³-hybridized carbons (Fsp3) is 0.0952. The maximum Gasteiger partial charge on any atom is 0.244 e. The molecule has 0 radical (unpaired) electrons. The van der Waals surface area contributed by atoms with Crippen molar-refractivity contribution in [2.24, 2.45) is 0 Å². The number of hydrogen-bond donors (Lipinski definition) is 2. The lowest BCUT2D eigenvalue weighted by Crippen LogP contribution is -2.29. The molecule has 126 valence electrons. The number of nitrogens with one attached hydrogen (secondary N) is 1. The van der Waals surface area contributed by atoms with E-state index in [2.05, 4.69) is 5.32 Å². The number of carbonyl (C=O) groups is 1. The normalized spacial score (nSPS) is 12.4. The summed E-state index contributed by atoms with van der Waals surface area (Å²) < 4.78 is 0. The molecule has 1 amide bonds. The monoisotopic (exact) mass is 351 g/mol. The molecule has 0 aliphatic carbocycles. The Bertz CT molecular complexity index is 920. The van der Waals surface area contributed by atoms with Crippen LogP contribution in [0.15, 0.2) is 72.8 Å². The van der Waals surface area contributed by atoms with Gasteiger partial charge in [0.25, 0.3) is 0 Å². The molecule has 0 saturated carbocycles. The fourth-order valence-corrected chi connectivity index (χ4v) is 2.85. The van der Waals surface area contributed by atoms with Crippen LogP contribution in [-0.4, -0.2) is 17.6 Å². The van der Waals surface area contributed by atoms with Crippen molar-refractivity contribution in [1.29, 1.82) is 0 Å². The molecule has 3 nitrogen and oxygen atoms in total. The predicted molar refractivity (Wildman–Crippen MR) is 102 cm³/mol. The number of benzene rings is 3. The molecule has 0 aromatic heterocycles. The van der Waals surface area contributed by atoms with E-state index in [-0.39, 0.29) is 12.5 Å². The molecule has 1 atom stereocenters. The van der Waals surface area contributed by atoms with Crippen LogP contribution < -0.4 is 5.32 Å². The Morgan fingerprint density at radius 3 is 2.52 bits per heavy atom. The highest BCUT2D eigenvalue weighted by Gasteiger charge is 2.12. The van der Waals surface area contributed by atoms with E-state index in [0.29, 0.717) is 5.02 Å². The quantitative estimate of drug-likeness (QED) is 0.671. The van der Waals surface area contributed by atoms with Crippen molar-refractivity contribution in [2.75, 3.05) is 6.61 Å². The lowest BCUT2D eigenvalue weighted by Gasteiger charge is -2.16. The SMILES string of the molecule is O=C(/C=C/c1ccccc1Cl)N[C@@H](CO)c1ccc2ccccc2c1. The fourth-order valence-electron chi connectivity index (χ4n) is 2.65. The lowest BCUT2D eigenvalue weighted by molar-refractivity contribution is -0.117. The minimum atomic E-state index is -0.465. The molecule has 0 heterocycles. The van der Waals surface area contributed by atoms with Gasteiger partial charge in [0.1, 0.15) is 0 Å². The van der Waals surface area contributed by atoms with Crippen molar-refractivity contribution in [3.8, 4) is 0 Å². The Morgan fingerprint density at radius 2 is 1.76 bits per heavy atom. The van der Waals surface area contributed by atoms with Gasteiger partial charge in [0.05, 0.1) is 12.6 Å². The van der Waals surface area contributed by atoms with E-state index in [1.54, 1.807) is 12.1 Å². The van der Waals surface area contributed by atoms with E-state index >= 15 is 0 Å². The number of rotatable bonds is 5. The Hall–Kier alpha value is -2.62. The summed E-state index contributed by atoms with van der Waals surface area (Å²) in [6.07, 6.45) is 3.08. The maximum absolute atomic E-state index is 12.2. The highest BCUT2D eigenvalue weighted by atomic mass is 35.5. The van der Waals surface area contributed by atoms with Crippen molar-refractivity contribution < 1.29 is 9.90 Å². The van der Waals surface area contributed by atoms with Gasteiger partial charge in [-0.15, -0.1) is 0 Å². The van der Waals surface area contributed by atoms with Gasteiger partial charge in [-0.25, -0.2) is 0 Å². The van der Waals surface area contributed by atoms with Gasteiger partial charge in [-0.3, -0.25) is 4.79 Å². The smallest absolute Gasteiger partial charge is 0.244 e. The molecular formula is C21H18ClNO2. The van der Waals surface area contributed by atoms with Gasteiger partial charge in [-0.1, -0.05) is 66.2 Å². The third-order valence-corrected chi connectivity index (χ3v) is 4.34. The molecule has 0 unspecified atom stereocenters. The minimum Gasteiger partial charge on any atom is -0.394 e. The zero-order chi connectivity index (χ0) is 17.6. The number of aliphatic hydroxyl groups is 1. The second kappa shape index (κ2) is 7.97. The zero-order valence-electron chi connectivity index (χ0n) is 13.5. The molecule has 0 fully saturated rings. The highest BCUT2D eigenvalue weighted by molar-refractivity contribution is 6.32. The molecule has 3 rings (SSSR count). The average molecular weight is 352 g/mol. The van der Waals surface area contributed by atoms with Crippen molar-refractivity contribution in [3.63, 3.8) is 0 Å². The molecule has 3 aromatic rings. The Kier molecular flexibility index (Phi) is 5.49. The molecule has 0 saturated heterocycles. The first-order valence-electron chi connectivity index (χ1n) is 8.00. The van der Waals surface area contributed by atoms with Crippen LogP contribution in [-0.2, 0) is 4.79 Å². The molecule has 0 bridgehead atoms. The summed E-state index contributed by atoms with van der Waals surface area (Å²) in [5.74, 6) is -0.285. The molecular weight excluding hydrogens is 334 g/mol. The first-order chi connectivity index (χ1) is 12.2. The predicted octanol–water partition coefficient (Wildman–Crippen LogP) is 4.36. The number of halogens is 1. The zero-order valence-corrected chi connectivity index (χ0v) is 14.3. The van der Waals surface area contributed by atoms with E-state index in [0.717, 1.165) is 21.9 Å². The van der Waals surface area contributed by atoms with E-state index in [1.165, 1.54) is 6.08 Å².